The van der Waals surface area contributed by atoms with E-state index in [4.69, 9.17) is 0 Å². The first-order chi connectivity index (χ1) is 9.74. The number of likely N-dealkylation sites (tertiary alicyclic amines) is 1. The Morgan fingerprint density at radius 1 is 1.30 bits per heavy atom. The van der Waals surface area contributed by atoms with Crippen molar-refractivity contribution >= 4 is 11.3 Å². The third-order valence-corrected chi connectivity index (χ3v) is 4.84. The molecule has 1 N–H and O–H groups in total. The molecule has 0 spiro atoms. The zero-order valence-corrected chi connectivity index (χ0v) is 13.8. The van der Waals surface area contributed by atoms with Crippen molar-refractivity contribution in [2.24, 2.45) is 5.92 Å². The van der Waals surface area contributed by atoms with Crippen LogP contribution < -0.4 is 5.32 Å². The summed E-state index contributed by atoms with van der Waals surface area (Å²) in [5.41, 5.74) is 1.46. The fourth-order valence-electron chi connectivity index (χ4n) is 2.94. The number of thiophene rings is 1. The second kappa shape index (κ2) is 8.78. The van der Waals surface area contributed by atoms with E-state index in [0.717, 1.165) is 25.4 Å². The Hall–Kier alpha value is -0.420. The monoisotopic (exact) mass is 295 g/mol. The van der Waals surface area contributed by atoms with Crippen LogP contribution in [-0.2, 0) is 6.42 Å². The molecular formula is C16H29N3S. The highest BCUT2D eigenvalue weighted by molar-refractivity contribution is 7.07. The molecule has 4 heteroatoms. The fourth-order valence-corrected chi connectivity index (χ4v) is 3.64. The van der Waals surface area contributed by atoms with Gasteiger partial charge in [0, 0.05) is 19.6 Å². The van der Waals surface area contributed by atoms with Gasteiger partial charge in [0.15, 0.2) is 0 Å². The van der Waals surface area contributed by atoms with Crippen molar-refractivity contribution in [1.82, 2.24) is 15.1 Å². The average Bonchev–Trinajstić information content (AvgIpc) is 2.93. The second-order valence-corrected chi connectivity index (χ2v) is 6.96. The molecule has 1 aromatic heterocycles. The van der Waals surface area contributed by atoms with E-state index >= 15 is 0 Å². The molecule has 0 radical (unpaired) electrons. The summed E-state index contributed by atoms with van der Waals surface area (Å²) in [5.74, 6) is 0.910. The van der Waals surface area contributed by atoms with Crippen LogP contribution in [0.25, 0.3) is 0 Å². The molecule has 1 fully saturated rings. The Labute approximate surface area is 128 Å². The van der Waals surface area contributed by atoms with E-state index in [0.29, 0.717) is 0 Å². The molecule has 20 heavy (non-hydrogen) atoms. The normalized spacial score (nSPS) is 17.9. The van der Waals surface area contributed by atoms with E-state index in [-0.39, 0.29) is 0 Å². The molecule has 1 aliphatic heterocycles. The summed E-state index contributed by atoms with van der Waals surface area (Å²) in [4.78, 5) is 4.94. The summed E-state index contributed by atoms with van der Waals surface area (Å²) in [7, 11) is 4.37. The quantitative estimate of drug-likeness (QED) is 0.742. The Balaban J connectivity index is 1.49. The molecule has 2 rings (SSSR count). The van der Waals surface area contributed by atoms with Gasteiger partial charge in [0.05, 0.1) is 0 Å². The van der Waals surface area contributed by atoms with E-state index in [2.05, 4.69) is 46.0 Å². The van der Waals surface area contributed by atoms with Crippen molar-refractivity contribution in [1.29, 1.82) is 0 Å². The van der Waals surface area contributed by atoms with Gasteiger partial charge in [0.1, 0.15) is 0 Å². The standard InChI is InChI=1S/C16H29N3S/c1-18(2)13-15-4-9-19(10-5-15)11-8-17-7-3-16-6-12-20-14-16/h6,12,14-15,17H,3-5,7-11,13H2,1-2H3. The zero-order chi connectivity index (χ0) is 14.2. The second-order valence-electron chi connectivity index (χ2n) is 6.18. The van der Waals surface area contributed by atoms with Crippen molar-refractivity contribution in [2.45, 2.75) is 19.3 Å². The van der Waals surface area contributed by atoms with Gasteiger partial charge in [-0.25, -0.2) is 0 Å². The van der Waals surface area contributed by atoms with Crippen molar-refractivity contribution in [3.8, 4) is 0 Å². The summed E-state index contributed by atoms with van der Waals surface area (Å²) in [6.45, 7) is 7.26. The van der Waals surface area contributed by atoms with Crippen LogP contribution in [0.4, 0.5) is 0 Å². The third kappa shape index (κ3) is 5.92. The maximum atomic E-state index is 3.57. The maximum Gasteiger partial charge on any atom is 0.0107 e. The van der Waals surface area contributed by atoms with E-state index in [1.807, 2.05) is 0 Å². The summed E-state index contributed by atoms with van der Waals surface area (Å²) in [6, 6.07) is 2.22. The number of nitrogens with one attached hydrogen (secondary N) is 1. The Morgan fingerprint density at radius 3 is 2.75 bits per heavy atom. The highest BCUT2D eigenvalue weighted by atomic mass is 32.1. The van der Waals surface area contributed by atoms with Crippen molar-refractivity contribution in [2.75, 3.05) is 53.4 Å². The lowest BCUT2D eigenvalue weighted by atomic mass is 9.96. The van der Waals surface area contributed by atoms with Crippen molar-refractivity contribution in [3.63, 3.8) is 0 Å². The lowest BCUT2D eigenvalue weighted by molar-refractivity contribution is 0.163. The van der Waals surface area contributed by atoms with Gasteiger partial charge >= 0.3 is 0 Å². The van der Waals surface area contributed by atoms with E-state index in [1.165, 1.54) is 44.6 Å². The molecule has 2 heterocycles. The third-order valence-electron chi connectivity index (χ3n) is 4.11. The van der Waals surface area contributed by atoms with Gasteiger partial charge in [-0.15, -0.1) is 0 Å². The molecule has 1 aliphatic rings. The molecule has 0 aliphatic carbocycles. The van der Waals surface area contributed by atoms with Crippen LogP contribution in [0.5, 0.6) is 0 Å². The van der Waals surface area contributed by atoms with Crippen LogP contribution in [0.2, 0.25) is 0 Å². The molecule has 1 saturated heterocycles. The van der Waals surface area contributed by atoms with Gasteiger partial charge in [-0.2, -0.15) is 11.3 Å². The molecule has 0 atom stereocenters. The molecule has 0 unspecified atom stereocenters. The summed E-state index contributed by atoms with van der Waals surface area (Å²) in [5, 5.41) is 7.98. The molecule has 0 aromatic carbocycles. The van der Waals surface area contributed by atoms with E-state index in [9.17, 15) is 0 Å². The highest BCUT2D eigenvalue weighted by Gasteiger charge is 2.18. The van der Waals surface area contributed by atoms with Crippen LogP contribution >= 0.6 is 11.3 Å². The molecule has 0 bridgehead atoms. The minimum Gasteiger partial charge on any atom is -0.315 e. The Morgan fingerprint density at radius 2 is 2.10 bits per heavy atom. The van der Waals surface area contributed by atoms with Crippen LogP contribution in [0.3, 0.4) is 0 Å². The maximum absolute atomic E-state index is 3.57. The van der Waals surface area contributed by atoms with Gasteiger partial charge in [0.2, 0.25) is 0 Å². The molecule has 0 saturated carbocycles. The smallest absolute Gasteiger partial charge is 0.0107 e. The summed E-state index contributed by atoms with van der Waals surface area (Å²) in [6.07, 6.45) is 3.90. The van der Waals surface area contributed by atoms with Gasteiger partial charge in [0.25, 0.3) is 0 Å². The van der Waals surface area contributed by atoms with Crippen molar-refractivity contribution in [3.05, 3.63) is 22.4 Å². The number of piperidine rings is 1. The zero-order valence-electron chi connectivity index (χ0n) is 13.0. The highest BCUT2D eigenvalue weighted by Crippen LogP contribution is 2.17. The predicted octanol–water partition coefficient (Wildman–Crippen LogP) is 2.15. The van der Waals surface area contributed by atoms with Gasteiger partial charge in [-0.05, 0) is 81.3 Å². The first kappa shape index (κ1) is 16.0. The van der Waals surface area contributed by atoms with Crippen LogP contribution in [0.1, 0.15) is 18.4 Å². The molecule has 3 nitrogen and oxygen atoms in total. The van der Waals surface area contributed by atoms with Crippen molar-refractivity contribution < 1.29 is 0 Å². The first-order valence-corrected chi connectivity index (χ1v) is 8.77. The van der Waals surface area contributed by atoms with Crippen LogP contribution in [0, 0.1) is 5.92 Å². The van der Waals surface area contributed by atoms with Crippen LogP contribution in [-0.4, -0.2) is 63.2 Å². The van der Waals surface area contributed by atoms with Gasteiger partial charge in [-0.3, -0.25) is 0 Å². The number of rotatable bonds is 8. The minimum atomic E-state index is 0.910. The summed E-state index contributed by atoms with van der Waals surface area (Å²) < 4.78 is 0. The van der Waals surface area contributed by atoms with E-state index in [1.54, 1.807) is 11.3 Å². The van der Waals surface area contributed by atoms with Crippen LogP contribution in [0.15, 0.2) is 16.8 Å². The Bertz CT molecular complexity index is 343. The number of hydrogen-bond acceptors (Lipinski definition) is 4. The molecule has 114 valence electrons. The fraction of sp³-hybridized carbons (Fsp3) is 0.750. The predicted molar refractivity (Wildman–Crippen MR) is 88.6 cm³/mol. The molecule has 0 amide bonds. The van der Waals surface area contributed by atoms with E-state index < -0.39 is 0 Å². The first-order valence-electron chi connectivity index (χ1n) is 7.83. The Kier molecular flexibility index (Phi) is 7.00. The lowest BCUT2D eigenvalue weighted by Gasteiger charge is -2.33. The number of hydrogen-bond donors (Lipinski definition) is 1. The molecule has 1 aromatic rings. The van der Waals surface area contributed by atoms with Gasteiger partial charge in [-0.1, -0.05) is 0 Å². The minimum absolute atomic E-state index is 0.910. The number of nitrogens with zero attached hydrogens (tertiary/aromatic N) is 2. The van der Waals surface area contributed by atoms with Gasteiger partial charge < -0.3 is 15.1 Å². The average molecular weight is 295 g/mol. The SMILES string of the molecule is CN(C)CC1CCN(CCNCCc2ccsc2)CC1. The molecular weight excluding hydrogens is 266 g/mol. The largest absolute Gasteiger partial charge is 0.315 e. The topological polar surface area (TPSA) is 18.5 Å². The lowest BCUT2D eigenvalue weighted by Crippen LogP contribution is -2.40. The summed E-state index contributed by atoms with van der Waals surface area (Å²) >= 11 is 1.79.